The van der Waals surface area contributed by atoms with Crippen molar-refractivity contribution < 1.29 is 4.39 Å². The van der Waals surface area contributed by atoms with Crippen molar-refractivity contribution in [1.82, 2.24) is 0 Å². The molecule has 0 heterocycles. The van der Waals surface area contributed by atoms with Crippen molar-refractivity contribution in [1.29, 1.82) is 0 Å². The summed E-state index contributed by atoms with van der Waals surface area (Å²) < 4.78 is 13.9. The van der Waals surface area contributed by atoms with Gasteiger partial charge in [-0.25, -0.2) is 0 Å². The zero-order valence-corrected chi connectivity index (χ0v) is 14.2. The van der Waals surface area contributed by atoms with Crippen molar-refractivity contribution in [2.75, 3.05) is 5.32 Å². The molecule has 3 heteroatoms. The van der Waals surface area contributed by atoms with Crippen LogP contribution in [0, 0.1) is 5.82 Å². The van der Waals surface area contributed by atoms with Crippen LogP contribution in [0.1, 0.15) is 16.7 Å². The average molecular weight is 368 g/mol. The molecule has 0 radical (unpaired) electrons. The SMILES string of the molecule is Fc1ccc(NC(=[Se])c2ccccc2Cc2ccccc2)cc1. The topological polar surface area (TPSA) is 12.0 Å². The van der Waals surface area contributed by atoms with E-state index in [-0.39, 0.29) is 5.82 Å². The molecule has 0 aromatic heterocycles. The van der Waals surface area contributed by atoms with E-state index >= 15 is 0 Å². The van der Waals surface area contributed by atoms with Crippen LogP contribution < -0.4 is 5.32 Å². The third-order valence-corrected chi connectivity index (χ3v) is 4.28. The summed E-state index contributed by atoms with van der Waals surface area (Å²) in [5.74, 6) is -0.235. The molecule has 0 atom stereocenters. The molecule has 3 rings (SSSR count). The Morgan fingerprint density at radius 1 is 0.826 bits per heavy atom. The van der Waals surface area contributed by atoms with E-state index in [0.29, 0.717) is 0 Å². The van der Waals surface area contributed by atoms with Gasteiger partial charge in [0.15, 0.2) is 0 Å². The van der Waals surface area contributed by atoms with E-state index in [1.165, 1.54) is 23.3 Å². The van der Waals surface area contributed by atoms with Crippen molar-refractivity contribution in [2.24, 2.45) is 0 Å². The number of rotatable bonds is 5. The van der Waals surface area contributed by atoms with Crippen molar-refractivity contribution in [3.05, 3.63) is 101 Å². The Morgan fingerprint density at radius 2 is 1.48 bits per heavy atom. The number of halogens is 1. The van der Waals surface area contributed by atoms with Crippen molar-refractivity contribution in [3.8, 4) is 0 Å². The predicted octanol–water partition coefficient (Wildman–Crippen LogP) is 4.18. The Bertz CT molecular complexity index is 797. The monoisotopic (exact) mass is 369 g/mol. The van der Waals surface area contributed by atoms with Gasteiger partial charge in [-0.05, 0) is 0 Å². The minimum atomic E-state index is -0.235. The van der Waals surface area contributed by atoms with Gasteiger partial charge < -0.3 is 0 Å². The molecule has 0 unspecified atom stereocenters. The fourth-order valence-corrected chi connectivity index (χ4v) is 3.11. The van der Waals surface area contributed by atoms with E-state index in [1.807, 2.05) is 18.2 Å². The van der Waals surface area contributed by atoms with Crippen LogP contribution in [0.2, 0.25) is 0 Å². The van der Waals surface area contributed by atoms with Crippen molar-refractivity contribution >= 4 is 25.8 Å². The molecule has 3 aromatic rings. The quantitative estimate of drug-likeness (QED) is 0.667. The minimum absolute atomic E-state index is 0.235. The summed E-state index contributed by atoms with van der Waals surface area (Å²) in [6.07, 6.45) is 0.868. The molecule has 114 valence electrons. The third-order valence-electron chi connectivity index (χ3n) is 3.60. The van der Waals surface area contributed by atoms with Crippen LogP contribution in [-0.2, 0) is 6.42 Å². The number of anilines is 1. The standard InChI is InChI=1S/C20H16FNSe/c21-17-10-12-18(13-11-17)22-20(23)19-9-5-4-8-16(19)14-15-6-2-1-3-7-15/h1-13H,14H2,(H,22,23). The molecule has 0 saturated heterocycles. The molecule has 1 nitrogen and oxygen atoms in total. The Hall–Kier alpha value is -2.22. The van der Waals surface area contributed by atoms with E-state index < -0.39 is 0 Å². The molecule has 0 aliphatic heterocycles. The van der Waals surface area contributed by atoms with E-state index in [2.05, 4.69) is 57.3 Å². The summed E-state index contributed by atoms with van der Waals surface area (Å²) in [4.78, 5) is 0. The first-order valence-corrected chi connectivity index (χ1v) is 8.27. The van der Waals surface area contributed by atoms with Gasteiger partial charge in [0, 0.05) is 0 Å². The van der Waals surface area contributed by atoms with E-state index in [9.17, 15) is 4.39 Å². The van der Waals surface area contributed by atoms with Gasteiger partial charge in [0.1, 0.15) is 0 Å². The fourth-order valence-electron chi connectivity index (χ4n) is 2.44. The Labute approximate surface area is 143 Å². The van der Waals surface area contributed by atoms with Gasteiger partial charge in [0.25, 0.3) is 0 Å². The molecule has 0 fully saturated rings. The van der Waals surface area contributed by atoms with Gasteiger partial charge in [-0.15, -0.1) is 0 Å². The van der Waals surface area contributed by atoms with Crippen molar-refractivity contribution in [2.45, 2.75) is 6.42 Å². The van der Waals surface area contributed by atoms with Crippen LogP contribution in [0.4, 0.5) is 10.1 Å². The van der Waals surface area contributed by atoms with Gasteiger partial charge in [-0.3, -0.25) is 0 Å². The molecule has 1 N–H and O–H groups in total. The first-order valence-electron chi connectivity index (χ1n) is 7.41. The average Bonchev–Trinajstić information content (AvgIpc) is 2.58. The van der Waals surface area contributed by atoms with Crippen LogP contribution >= 0.6 is 0 Å². The van der Waals surface area contributed by atoms with Gasteiger partial charge in [-0.1, -0.05) is 0 Å². The number of hydrogen-bond donors (Lipinski definition) is 1. The van der Waals surface area contributed by atoms with Gasteiger partial charge in [-0.2, -0.15) is 0 Å². The van der Waals surface area contributed by atoms with E-state index in [1.54, 1.807) is 12.1 Å². The molecule has 0 amide bonds. The van der Waals surface area contributed by atoms with Crippen LogP contribution in [0.25, 0.3) is 0 Å². The van der Waals surface area contributed by atoms with Crippen LogP contribution in [-0.4, -0.2) is 20.1 Å². The van der Waals surface area contributed by atoms with Crippen LogP contribution in [0.3, 0.4) is 0 Å². The van der Waals surface area contributed by atoms with Gasteiger partial charge in [0.05, 0.1) is 0 Å². The number of nitrogens with one attached hydrogen (secondary N) is 1. The summed E-state index contributed by atoms with van der Waals surface area (Å²) in [6, 6.07) is 25.0. The Morgan fingerprint density at radius 3 is 2.22 bits per heavy atom. The molecule has 23 heavy (non-hydrogen) atoms. The second-order valence-corrected chi connectivity index (χ2v) is 6.14. The van der Waals surface area contributed by atoms with Crippen molar-refractivity contribution in [3.63, 3.8) is 0 Å². The fraction of sp³-hybridized carbons (Fsp3) is 0.0500. The number of hydrogen-bond acceptors (Lipinski definition) is 1. The van der Waals surface area contributed by atoms with Crippen LogP contribution in [0.5, 0.6) is 0 Å². The number of benzene rings is 3. The summed E-state index contributed by atoms with van der Waals surface area (Å²) in [5, 5.41) is 3.31. The Balaban J connectivity index is 1.82. The summed E-state index contributed by atoms with van der Waals surface area (Å²) >= 11 is 3.09. The maximum absolute atomic E-state index is 13.0. The maximum atomic E-state index is 13.0. The molecular formula is C20H16FNSe. The van der Waals surface area contributed by atoms with Crippen LogP contribution in [0.15, 0.2) is 78.9 Å². The second kappa shape index (κ2) is 7.36. The second-order valence-electron chi connectivity index (χ2n) is 5.28. The molecule has 0 aliphatic rings. The molecule has 0 bridgehead atoms. The Kier molecular flexibility index (Phi) is 5.02. The molecule has 0 aliphatic carbocycles. The van der Waals surface area contributed by atoms with E-state index in [4.69, 9.17) is 0 Å². The van der Waals surface area contributed by atoms with Gasteiger partial charge in [0.2, 0.25) is 0 Å². The zero-order valence-electron chi connectivity index (χ0n) is 12.5. The van der Waals surface area contributed by atoms with E-state index in [0.717, 1.165) is 22.2 Å². The normalized spacial score (nSPS) is 10.3. The molecular weight excluding hydrogens is 352 g/mol. The zero-order chi connectivity index (χ0) is 16.1. The first-order chi connectivity index (χ1) is 11.2. The molecule has 0 spiro atoms. The predicted molar refractivity (Wildman–Crippen MR) is 95.6 cm³/mol. The molecule has 3 aromatic carbocycles. The molecule has 0 saturated carbocycles. The van der Waals surface area contributed by atoms with Gasteiger partial charge >= 0.3 is 143 Å². The summed E-state index contributed by atoms with van der Waals surface area (Å²) in [7, 11) is 0. The summed E-state index contributed by atoms with van der Waals surface area (Å²) in [6.45, 7) is 0. The third kappa shape index (κ3) is 4.16. The first kappa shape index (κ1) is 15.7. The summed E-state index contributed by atoms with van der Waals surface area (Å²) in [5.41, 5.74) is 4.49.